The second-order valence-electron chi connectivity index (χ2n) is 5.63. The summed E-state index contributed by atoms with van der Waals surface area (Å²) < 4.78 is 37.5. The van der Waals surface area contributed by atoms with E-state index >= 15 is 0 Å². The van der Waals surface area contributed by atoms with Gasteiger partial charge in [0.15, 0.2) is 0 Å². The van der Waals surface area contributed by atoms with Crippen molar-refractivity contribution in [2.45, 2.75) is 51.7 Å². The fourth-order valence-electron chi connectivity index (χ4n) is 2.41. The molecule has 0 heterocycles. The van der Waals surface area contributed by atoms with Gasteiger partial charge >= 0.3 is 6.18 Å². The molecule has 1 atom stereocenters. The predicted molar refractivity (Wildman–Crippen MR) is 65.4 cm³/mol. The zero-order valence-corrected chi connectivity index (χ0v) is 11.3. The first-order valence-electron chi connectivity index (χ1n) is 6.73. The quantitative estimate of drug-likeness (QED) is 0.831. The normalized spacial score (nSPS) is 26.3. The van der Waals surface area contributed by atoms with E-state index in [2.05, 4.69) is 5.32 Å². The number of rotatable bonds is 4. The van der Waals surface area contributed by atoms with E-state index in [4.69, 9.17) is 5.11 Å². The van der Waals surface area contributed by atoms with Crippen molar-refractivity contribution in [3.05, 3.63) is 0 Å². The molecular weight excluding hydrogens is 259 g/mol. The molecule has 0 bridgehead atoms. The van der Waals surface area contributed by atoms with Gasteiger partial charge in [-0.2, -0.15) is 13.2 Å². The number of aliphatic hydroxyl groups excluding tert-OH is 1. The number of alkyl halides is 3. The summed E-state index contributed by atoms with van der Waals surface area (Å²) in [7, 11) is 0. The highest BCUT2D eigenvalue weighted by Crippen LogP contribution is 2.39. The Morgan fingerprint density at radius 3 is 2.16 bits per heavy atom. The molecule has 1 aliphatic rings. The number of nitrogens with one attached hydrogen (secondary N) is 1. The molecular formula is C13H22F3NO2. The van der Waals surface area contributed by atoms with Gasteiger partial charge in [-0.15, -0.1) is 0 Å². The maximum atomic E-state index is 12.5. The molecule has 0 unspecified atom stereocenters. The number of amides is 1. The van der Waals surface area contributed by atoms with Gasteiger partial charge in [0, 0.05) is 5.92 Å². The van der Waals surface area contributed by atoms with Crippen LogP contribution in [0.3, 0.4) is 0 Å². The summed E-state index contributed by atoms with van der Waals surface area (Å²) >= 11 is 0. The Bertz CT molecular complexity index is 297. The average molecular weight is 281 g/mol. The molecule has 1 rings (SSSR count). The van der Waals surface area contributed by atoms with Crippen molar-refractivity contribution in [2.75, 3.05) is 6.61 Å². The Kier molecular flexibility index (Phi) is 5.64. The van der Waals surface area contributed by atoms with E-state index in [9.17, 15) is 18.0 Å². The molecule has 1 amide bonds. The van der Waals surface area contributed by atoms with Gasteiger partial charge in [-0.25, -0.2) is 0 Å². The van der Waals surface area contributed by atoms with Crippen molar-refractivity contribution in [1.29, 1.82) is 0 Å². The van der Waals surface area contributed by atoms with Crippen LogP contribution in [0.2, 0.25) is 0 Å². The third-order valence-electron chi connectivity index (χ3n) is 3.89. The van der Waals surface area contributed by atoms with Crippen LogP contribution in [0.25, 0.3) is 0 Å². The van der Waals surface area contributed by atoms with Crippen LogP contribution in [-0.2, 0) is 4.79 Å². The van der Waals surface area contributed by atoms with Gasteiger partial charge in [0.2, 0.25) is 5.91 Å². The number of aliphatic hydroxyl groups is 1. The highest BCUT2D eigenvalue weighted by atomic mass is 19.4. The number of hydrogen-bond acceptors (Lipinski definition) is 2. The molecule has 112 valence electrons. The van der Waals surface area contributed by atoms with Crippen LogP contribution in [0.1, 0.15) is 39.5 Å². The lowest BCUT2D eigenvalue weighted by atomic mass is 9.81. The fraction of sp³-hybridized carbons (Fsp3) is 0.923. The Morgan fingerprint density at radius 1 is 1.26 bits per heavy atom. The van der Waals surface area contributed by atoms with E-state index in [0.717, 1.165) is 0 Å². The topological polar surface area (TPSA) is 49.3 Å². The second kappa shape index (κ2) is 6.59. The summed E-state index contributed by atoms with van der Waals surface area (Å²) in [5, 5.41) is 11.8. The molecule has 3 nitrogen and oxygen atoms in total. The Labute approximate surface area is 111 Å². The third-order valence-corrected chi connectivity index (χ3v) is 3.89. The molecule has 0 aromatic carbocycles. The van der Waals surface area contributed by atoms with Crippen molar-refractivity contribution in [2.24, 2.45) is 17.8 Å². The van der Waals surface area contributed by atoms with Crippen molar-refractivity contribution < 1.29 is 23.1 Å². The minimum atomic E-state index is -4.15. The lowest BCUT2D eigenvalue weighted by molar-refractivity contribution is -0.184. The molecule has 0 radical (unpaired) electrons. The zero-order valence-electron chi connectivity index (χ0n) is 11.3. The summed E-state index contributed by atoms with van der Waals surface area (Å²) in [6.45, 7) is 3.60. The van der Waals surface area contributed by atoms with Crippen LogP contribution in [-0.4, -0.2) is 29.8 Å². The molecule has 0 spiro atoms. The summed E-state index contributed by atoms with van der Waals surface area (Å²) in [6.07, 6.45) is -3.56. The van der Waals surface area contributed by atoms with Crippen molar-refractivity contribution >= 4 is 5.91 Å². The number of halogens is 3. The van der Waals surface area contributed by atoms with E-state index in [1.165, 1.54) is 0 Å². The number of hydrogen-bond donors (Lipinski definition) is 2. The van der Waals surface area contributed by atoms with Crippen molar-refractivity contribution in [3.63, 3.8) is 0 Å². The highest BCUT2D eigenvalue weighted by molar-refractivity contribution is 5.79. The Hall–Kier alpha value is -0.780. The predicted octanol–water partition coefficient (Wildman–Crippen LogP) is 2.49. The lowest BCUT2D eigenvalue weighted by Crippen LogP contribution is -2.45. The minimum Gasteiger partial charge on any atom is -0.394 e. The molecule has 0 aliphatic heterocycles. The van der Waals surface area contributed by atoms with Gasteiger partial charge in [-0.1, -0.05) is 13.8 Å². The van der Waals surface area contributed by atoms with E-state index in [-0.39, 0.29) is 56.1 Å². The molecule has 0 aromatic rings. The van der Waals surface area contributed by atoms with E-state index in [1.54, 1.807) is 0 Å². The molecule has 19 heavy (non-hydrogen) atoms. The first-order chi connectivity index (χ1) is 8.75. The molecule has 1 aliphatic carbocycles. The summed E-state index contributed by atoms with van der Waals surface area (Å²) in [5.41, 5.74) is 0. The van der Waals surface area contributed by atoms with Gasteiger partial charge in [-0.3, -0.25) is 4.79 Å². The zero-order chi connectivity index (χ0) is 14.6. The van der Waals surface area contributed by atoms with Gasteiger partial charge < -0.3 is 10.4 Å². The SMILES string of the molecule is CC(C)[C@@H](CO)NC(=O)C1CCC(C(F)(F)F)CC1. The van der Waals surface area contributed by atoms with Gasteiger partial charge in [-0.05, 0) is 31.6 Å². The average Bonchev–Trinajstić information content (AvgIpc) is 2.34. The molecule has 0 aromatic heterocycles. The number of carbonyl (C=O) groups excluding carboxylic acids is 1. The summed E-state index contributed by atoms with van der Waals surface area (Å²) in [6, 6.07) is -0.326. The van der Waals surface area contributed by atoms with Gasteiger partial charge in [0.25, 0.3) is 0 Å². The smallest absolute Gasteiger partial charge is 0.391 e. The molecule has 2 N–H and O–H groups in total. The van der Waals surface area contributed by atoms with Crippen LogP contribution in [0.15, 0.2) is 0 Å². The second-order valence-corrected chi connectivity index (χ2v) is 5.63. The van der Waals surface area contributed by atoms with Crippen LogP contribution in [0, 0.1) is 17.8 Å². The first kappa shape index (κ1) is 16.3. The van der Waals surface area contributed by atoms with Crippen molar-refractivity contribution in [3.8, 4) is 0 Å². The minimum absolute atomic E-state index is 0.0209. The molecule has 6 heteroatoms. The van der Waals surface area contributed by atoms with Crippen LogP contribution in [0.5, 0.6) is 0 Å². The largest absolute Gasteiger partial charge is 0.394 e. The lowest BCUT2D eigenvalue weighted by Gasteiger charge is -2.30. The number of carbonyl (C=O) groups is 1. The van der Waals surface area contributed by atoms with Crippen molar-refractivity contribution in [1.82, 2.24) is 5.32 Å². The molecule has 1 saturated carbocycles. The third kappa shape index (κ3) is 4.67. The maximum absolute atomic E-state index is 12.5. The van der Waals surface area contributed by atoms with Crippen LogP contribution in [0.4, 0.5) is 13.2 Å². The standard InChI is InChI=1S/C13H22F3NO2/c1-8(2)11(7-18)17-12(19)9-3-5-10(6-4-9)13(14,15)16/h8-11,18H,3-7H2,1-2H3,(H,17,19)/t9?,10?,11-/m1/s1. The Morgan fingerprint density at radius 2 is 1.79 bits per heavy atom. The maximum Gasteiger partial charge on any atom is 0.391 e. The van der Waals surface area contributed by atoms with E-state index < -0.39 is 12.1 Å². The fourth-order valence-corrected chi connectivity index (χ4v) is 2.41. The molecule has 1 fully saturated rings. The summed E-state index contributed by atoms with van der Waals surface area (Å²) in [5.74, 6) is -1.75. The Balaban J connectivity index is 2.45. The molecule has 0 saturated heterocycles. The van der Waals surface area contributed by atoms with E-state index in [1.807, 2.05) is 13.8 Å². The monoisotopic (exact) mass is 281 g/mol. The van der Waals surface area contributed by atoms with Gasteiger partial charge in [0.1, 0.15) is 0 Å². The van der Waals surface area contributed by atoms with Crippen LogP contribution < -0.4 is 5.32 Å². The first-order valence-corrected chi connectivity index (χ1v) is 6.73. The van der Waals surface area contributed by atoms with Gasteiger partial charge in [0.05, 0.1) is 18.6 Å². The summed E-state index contributed by atoms with van der Waals surface area (Å²) in [4.78, 5) is 11.9. The highest BCUT2D eigenvalue weighted by Gasteiger charge is 2.42. The van der Waals surface area contributed by atoms with E-state index in [0.29, 0.717) is 0 Å². The van der Waals surface area contributed by atoms with Crippen LogP contribution >= 0.6 is 0 Å².